The van der Waals surface area contributed by atoms with Crippen LogP contribution in [0.1, 0.15) is 53.3 Å². The molecule has 2 aromatic heterocycles. The molecule has 4 atom stereocenters. The number of hydrogen-bond donors (Lipinski definition) is 1. The van der Waals surface area contributed by atoms with E-state index in [1.807, 2.05) is 13.0 Å². The molecule has 1 aliphatic heterocycles. The first-order valence-corrected chi connectivity index (χ1v) is 11.4. The molecule has 1 aromatic carbocycles. The van der Waals surface area contributed by atoms with Gasteiger partial charge in [-0.25, -0.2) is 9.50 Å². The van der Waals surface area contributed by atoms with Crippen molar-refractivity contribution in [3.8, 4) is 0 Å². The van der Waals surface area contributed by atoms with Crippen molar-refractivity contribution in [2.45, 2.75) is 44.6 Å². The molecule has 0 radical (unpaired) electrons. The van der Waals surface area contributed by atoms with Crippen molar-refractivity contribution in [2.24, 2.45) is 11.3 Å². The largest absolute Gasteiger partial charge is 0.351 e. The molecule has 1 saturated heterocycles. The average molecular weight is 431 g/mol. The van der Waals surface area contributed by atoms with Crippen molar-refractivity contribution in [1.82, 2.24) is 29.8 Å². The summed E-state index contributed by atoms with van der Waals surface area (Å²) in [6.07, 6.45) is 7.16. The smallest absolute Gasteiger partial charge is 0.293 e. The Kier molecular flexibility index (Phi) is 4.31. The molecular weight excluding hydrogens is 404 g/mol. The highest BCUT2D eigenvalue weighted by Gasteiger charge is 2.71. The summed E-state index contributed by atoms with van der Waals surface area (Å²) in [4.78, 5) is 36.3. The van der Waals surface area contributed by atoms with Crippen LogP contribution in [-0.2, 0) is 4.79 Å². The third kappa shape index (κ3) is 3.08. The molecule has 2 amide bonds. The van der Waals surface area contributed by atoms with Crippen molar-refractivity contribution in [2.75, 3.05) is 13.1 Å². The van der Waals surface area contributed by atoms with Crippen LogP contribution in [0, 0.1) is 18.3 Å². The lowest BCUT2D eigenvalue weighted by molar-refractivity contribution is -0.130. The third-order valence-corrected chi connectivity index (χ3v) is 7.44. The average Bonchev–Trinajstić information content (AvgIpc) is 3.17. The molecule has 8 heteroatoms. The summed E-state index contributed by atoms with van der Waals surface area (Å²) in [5, 5.41) is 7.56. The highest BCUT2D eigenvalue weighted by molar-refractivity contribution is 5.91. The van der Waals surface area contributed by atoms with Crippen molar-refractivity contribution in [3.05, 3.63) is 59.7 Å². The monoisotopic (exact) mass is 430 g/mol. The number of aryl methyl sites for hydroxylation is 1. The molecule has 3 aliphatic rings. The van der Waals surface area contributed by atoms with E-state index >= 15 is 0 Å². The maximum Gasteiger partial charge on any atom is 0.293 e. The van der Waals surface area contributed by atoms with Gasteiger partial charge in [0.05, 0.1) is 5.41 Å². The predicted octanol–water partition coefficient (Wildman–Crippen LogP) is 2.35. The number of likely N-dealkylation sites (tertiary alicyclic amines) is 1. The van der Waals surface area contributed by atoms with Gasteiger partial charge in [0.15, 0.2) is 0 Å². The van der Waals surface area contributed by atoms with Crippen molar-refractivity contribution in [3.63, 3.8) is 0 Å². The quantitative estimate of drug-likeness (QED) is 0.686. The molecule has 1 unspecified atom stereocenters. The minimum absolute atomic E-state index is 0.0241. The Morgan fingerprint density at radius 1 is 1.19 bits per heavy atom. The van der Waals surface area contributed by atoms with Gasteiger partial charge in [0.25, 0.3) is 11.7 Å². The molecule has 0 bridgehead atoms. The summed E-state index contributed by atoms with van der Waals surface area (Å²) in [6, 6.07) is 10.5. The fourth-order valence-electron chi connectivity index (χ4n) is 5.59. The Labute approximate surface area is 186 Å². The number of piperidine rings is 1. The normalized spacial score (nSPS) is 28.7. The predicted molar refractivity (Wildman–Crippen MR) is 117 cm³/mol. The summed E-state index contributed by atoms with van der Waals surface area (Å²) >= 11 is 0. The van der Waals surface area contributed by atoms with Gasteiger partial charge in [0.1, 0.15) is 0 Å². The summed E-state index contributed by atoms with van der Waals surface area (Å²) in [5.41, 5.74) is 2.11. The van der Waals surface area contributed by atoms with Crippen LogP contribution in [0.2, 0.25) is 0 Å². The Bertz CT molecular complexity index is 1210. The van der Waals surface area contributed by atoms with Gasteiger partial charge in [-0.2, -0.15) is 4.98 Å². The number of rotatable bonds is 4. The molecule has 164 valence electrons. The molecular formula is C24H26N6O2. The first-order valence-electron chi connectivity index (χ1n) is 11.4. The Balaban J connectivity index is 1.09. The van der Waals surface area contributed by atoms with E-state index in [0.717, 1.165) is 31.2 Å². The number of amides is 2. The Hall–Kier alpha value is -3.29. The first-order chi connectivity index (χ1) is 15.5. The van der Waals surface area contributed by atoms with Crippen LogP contribution >= 0.6 is 0 Å². The highest BCUT2D eigenvalue weighted by atomic mass is 16.2. The van der Waals surface area contributed by atoms with Gasteiger partial charge >= 0.3 is 0 Å². The molecule has 32 heavy (non-hydrogen) atoms. The molecule has 2 aliphatic carbocycles. The van der Waals surface area contributed by atoms with Crippen LogP contribution in [0.3, 0.4) is 0 Å². The maximum atomic E-state index is 13.1. The fourth-order valence-corrected chi connectivity index (χ4v) is 5.59. The fraction of sp³-hybridized carbons (Fsp3) is 0.458. The number of carbonyl (C=O) groups excluding carboxylic acids is 2. The zero-order valence-corrected chi connectivity index (χ0v) is 18.1. The van der Waals surface area contributed by atoms with Gasteiger partial charge in [-0.3, -0.25) is 9.59 Å². The molecule has 0 spiro atoms. The topological polar surface area (TPSA) is 92.5 Å². The molecule has 3 fully saturated rings. The summed E-state index contributed by atoms with van der Waals surface area (Å²) < 4.78 is 1.54. The van der Waals surface area contributed by atoms with E-state index in [2.05, 4.69) is 44.6 Å². The lowest BCUT2D eigenvalue weighted by Crippen LogP contribution is -2.52. The molecule has 3 aromatic rings. The van der Waals surface area contributed by atoms with Crippen molar-refractivity contribution in [1.29, 1.82) is 0 Å². The Morgan fingerprint density at radius 3 is 2.84 bits per heavy atom. The highest BCUT2D eigenvalue weighted by Crippen LogP contribution is 2.74. The van der Waals surface area contributed by atoms with Crippen LogP contribution in [0.4, 0.5) is 0 Å². The van der Waals surface area contributed by atoms with E-state index in [1.165, 1.54) is 10.1 Å². The number of aromatic nitrogens is 4. The zero-order chi connectivity index (χ0) is 21.9. The Morgan fingerprint density at radius 2 is 2.03 bits per heavy atom. The van der Waals surface area contributed by atoms with Crippen LogP contribution in [-0.4, -0.2) is 55.4 Å². The number of carbonyl (C=O) groups is 2. The number of hydrogen-bond acceptors (Lipinski definition) is 5. The minimum Gasteiger partial charge on any atom is -0.351 e. The number of fused-ring (bicyclic) bond motifs is 2. The lowest BCUT2D eigenvalue weighted by Gasteiger charge is -2.37. The summed E-state index contributed by atoms with van der Waals surface area (Å²) in [6.45, 7) is 3.06. The number of benzene rings is 1. The van der Waals surface area contributed by atoms with Crippen LogP contribution in [0.15, 0.2) is 42.7 Å². The van der Waals surface area contributed by atoms with Crippen LogP contribution < -0.4 is 5.32 Å². The minimum atomic E-state index is -0.206. The third-order valence-electron chi connectivity index (χ3n) is 7.44. The maximum absolute atomic E-state index is 13.1. The van der Waals surface area contributed by atoms with Crippen molar-refractivity contribution >= 4 is 17.6 Å². The van der Waals surface area contributed by atoms with Crippen molar-refractivity contribution < 1.29 is 9.59 Å². The second-order valence-corrected chi connectivity index (χ2v) is 9.56. The molecule has 8 nitrogen and oxygen atoms in total. The van der Waals surface area contributed by atoms with Gasteiger partial charge < -0.3 is 10.2 Å². The van der Waals surface area contributed by atoms with Crippen LogP contribution in [0.5, 0.6) is 0 Å². The van der Waals surface area contributed by atoms with Gasteiger partial charge in [0.2, 0.25) is 11.7 Å². The first kappa shape index (κ1) is 19.4. The zero-order valence-electron chi connectivity index (χ0n) is 18.1. The van der Waals surface area contributed by atoms with E-state index < -0.39 is 0 Å². The molecule has 6 rings (SSSR count). The second-order valence-electron chi connectivity index (χ2n) is 9.56. The number of nitrogens with zero attached hydrogens (tertiary/aromatic N) is 5. The molecule has 1 N–H and O–H groups in total. The van der Waals surface area contributed by atoms with E-state index in [9.17, 15) is 9.59 Å². The van der Waals surface area contributed by atoms with E-state index in [0.29, 0.717) is 30.7 Å². The van der Waals surface area contributed by atoms with E-state index in [4.69, 9.17) is 0 Å². The summed E-state index contributed by atoms with van der Waals surface area (Å²) in [5.74, 6) is 1.49. The van der Waals surface area contributed by atoms with Gasteiger partial charge in [-0.15, -0.1) is 5.10 Å². The van der Waals surface area contributed by atoms with Crippen LogP contribution in [0.25, 0.3) is 5.78 Å². The standard InChI is InChI=1S/C24H26N6O2/c1-15-12-25-23-27-20(28-30(23)13-15)21(31)29-9-5-8-17(14-29)26-22(32)24-10-18(19(24)11-24)16-6-3-2-4-7-16/h2-4,6-7,12-13,17-19H,5,8-11,14H2,1H3,(H,26,32)/t17?,18-,19+,24-/m1/s1. The van der Waals surface area contributed by atoms with E-state index in [1.54, 1.807) is 17.3 Å². The molecule has 3 heterocycles. The SMILES string of the molecule is Cc1cnc2nc(C(=O)N3CCCC(NC(=O)[C@@]45C[C@H](c6ccccc6)[C@@H]4C5)C3)nn2c1. The molecule has 2 saturated carbocycles. The number of nitrogens with one attached hydrogen (secondary N) is 1. The summed E-state index contributed by atoms with van der Waals surface area (Å²) in [7, 11) is 0. The van der Waals surface area contributed by atoms with Gasteiger partial charge in [-0.1, -0.05) is 30.3 Å². The lowest BCUT2D eigenvalue weighted by atomic mass is 9.71. The van der Waals surface area contributed by atoms with Gasteiger partial charge in [0, 0.05) is 31.5 Å². The van der Waals surface area contributed by atoms with Gasteiger partial charge in [-0.05, 0) is 55.6 Å². The second kappa shape index (κ2) is 7.12. The van der Waals surface area contributed by atoms with E-state index in [-0.39, 0.29) is 29.1 Å².